The minimum Gasteiger partial charge on any atom is -0.391 e. The fourth-order valence-electron chi connectivity index (χ4n) is 14.3. The lowest BCUT2D eigenvalue weighted by Gasteiger charge is -2.40. The molecule has 13 atom stereocenters. The van der Waals surface area contributed by atoms with Gasteiger partial charge in [-0.15, -0.1) is 0 Å². The Hall–Kier alpha value is -7.43. The number of alkyl halides is 3. The quantitative estimate of drug-likeness (QED) is 0.163. The van der Waals surface area contributed by atoms with Crippen molar-refractivity contribution in [2.24, 2.45) is 29.6 Å². The van der Waals surface area contributed by atoms with Crippen LogP contribution in [-0.4, -0.2) is 262 Å². The molecule has 1 aromatic carbocycles. The predicted octanol–water partition coefficient (Wildman–Crippen LogP) is 4.37. The largest absolute Gasteiger partial charge is 0.416 e. The maximum Gasteiger partial charge on any atom is 0.416 e. The molecule has 26 nitrogen and oxygen atoms in total. The number of hydrogen-bond donors (Lipinski definition) is 5. The molecule has 0 saturated carbocycles. The lowest BCUT2D eigenvalue weighted by molar-refractivity contribution is -0.154. The second kappa shape index (κ2) is 37.8. The molecule has 29 heteroatoms. The molecular formula is C73H117F3N12O14. The Balaban J connectivity index is 1.70. The average molecular weight is 1440 g/mol. The number of ether oxygens (including phenoxy) is 1. The lowest BCUT2D eigenvalue weighted by atomic mass is 9.95. The van der Waals surface area contributed by atoms with E-state index in [0.717, 1.165) is 45.4 Å². The van der Waals surface area contributed by atoms with Gasteiger partial charge in [-0.3, -0.25) is 57.5 Å². The first-order valence-corrected chi connectivity index (χ1v) is 36.5. The van der Waals surface area contributed by atoms with Gasteiger partial charge in [-0.25, -0.2) is 0 Å². The van der Waals surface area contributed by atoms with Gasteiger partial charge in [0.05, 0.1) is 24.2 Å². The monoisotopic (exact) mass is 1440 g/mol. The van der Waals surface area contributed by atoms with E-state index in [2.05, 4.69) is 21.3 Å². The van der Waals surface area contributed by atoms with Crippen LogP contribution in [0.3, 0.4) is 0 Å². The molecule has 5 N–H and O–H groups in total. The number of piperidine rings is 2. The van der Waals surface area contributed by atoms with Gasteiger partial charge in [-0.1, -0.05) is 81.4 Å². The summed E-state index contributed by atoms with van der Waals surface area (Å²) >= 11 is 0. The van der Waals surface area contributed by atoms with Crippen molar-refractivity contribution in [3.05, 3.63) is 35.4 Å². The highest BCUT2D eigenvalue weighted by Gasteiger charge is 2.49. The van der Waals surface area contributed by atoms with Gasteiger partial charge in [0, 0.05) is 80.9 Å². The lowest BCUT2D eigenvalue weighted by Crippen LogP contribution is -2.63. The van der Waals surface area contributed by atoms with E-state index in [1.807, 2.05) is 27.7 Å². The number of carbonyl (C=O) groups excluding carboxylic acids is 12. The number of rotatable bonds is 15. The van der Waals surface area contributed by atoms with Crippen molar-refractivity contribution in [2.45, 2.75) is 258 Å². The first-order valence-electron chi connectivity index (χ1n) is 36.5. The van der Waals surface area contributed by atoms with E-state index in [0.29, 0.717) is 38.8 Å². The van der Waals surface area contributed by atoms with E-state index in [4.69, 9.17) is 4.74 Å². The van der Waals surface area contributed by atoms with Crippen molar-refractivity contribution in [3.63, 3.8) is 0 Å². The number of hydrogen-bond acceptors (Lipinski definition) is 14. The smallest absolute Gasteiger partial charge is 0.391 e. The molecule has 0 radical (unpaired) electrons. The molecule has 102 heavy (non-hydrogen) atoms. The molecule has 4 aliphatic rings. The minimum absolute atomic E-state index is 0.00387. The van der Waals surface area contributed by atoms with E-state index in [1.54, 1.807) is 53.4 Å². The number of nitrogens with one attached hydrogen (secondary N) is 4. The second-order valence-electron chi connectivity index (χ2n) is 30.5. The fraction of sp³-hybridized carbons (Fsp3) is 0.753. The number of carbonyl (C=O) groups is 12. The number of likely N-dealkylation sites (tertiary alicyclic amines) is 1. The summed E-state index contributed by atoms with van der Waals surface area (Å²) in [5.41, 5.74) is -0.788. The van der Waals surface area contributed by atoms with E-state index >= 15 is 28.8 Å². The molecule has 4 heterocycles. The summed E-state index contributed by atoms with van der Waals surface area (Å²) in [7, 11) is 6.83. The Kier molecular flexibility index (Phi) is 31.6. The predicted molar refractivity (Wildman–Crippen MR) is 376 cm³/mol. The minimum atomic E-state index is -4.72. The Labute approximate surface area is 600 Å². The van der Waals surface area contributed by atoms with Gasteiger partial charge >= 0.3 is 6.18 Å². The zero-order valence-corrected chi connectivity index (χ0v) is 63.4. The van der Waals surface area contributed by atoms with E-state index < -0.39 is 180 Å². The molecule has 4 saturated heterocycles. The number of likely N-dealkylation sites (N-methyl/N-ethyl adjacent to an activating group) is 5. The molecule has 4 fully saturated rings. The van der Waals surface area contributed by atoms with E-state index in [1.165, 1.54) is 68.7 Å². The van der Waals surface area contributed by atoms with Crippen LogP contribution in [0.15, 0.2) is 24.3 Å². The summed E-state index contributed by atoms with van der Waals surface area (Å²) in [5.74, 6) is -10.9. The van der Waals surface area contributed by atoms with Crippen LogP contribution in [0.1, 0.15) is 178 Å². The molecule has 4 aliphatic heterocycles. The van der Waals surface area contributed by atoms with Gasteiger partial charge in [0.15, 0.2) is 0 Å². The van der Waals surface area contributed by atoms with Crippen LogP contribution >= 0.6 is 0 Å². The third-order valence-electron chi connectivity index (χ3n) is 20.1. The van der Waals surface area contributed by atoms with Gasteiger partial charge in [0.25, 0.3) is 0 Å². The Morgan fingerprint density at radius 1 is 0.549 bits per heavy atom. The Bertz CT molecular complexity index is 3090. The zero-order valence-electron chi connectivity index (χ0n) is 63.4. The molecule has 0 unspecified atom stereocenters. The molecule has 0 aliphatic carbocycles. The number of aliphatic hydroxyl groups excluding tert-OH is 1. The summed E-state index contributed by atoms with van der Waals surface area (Å²) in [6.07, 6.45) is -4.89. The van der Waals surface area contributed by atoms with Crippen molar-refractivity contribution >= 4 is 70.9 Å². The van der Waals surface area contributed by atoms with E-state index in [9.17, 15) is 47.0 Å². The third-order valence-corrected chi connectivity index (χ3v) is 20.1. The van der Waals surface area contributed by atoms with Crippen molar-refractivity contribution < 1.29 is 80.5 Å². The standard InChI is InChI=1S/C73H117F3N12O14/c1-19-102-50-38-58-70(99)82(15)55(34-42(4)5)64(93)80-60(47(13)89)72(101)84(17)56(35-43(6)7)69(98)85(18)61(45(10)11)65(94)79-52(37-48-26-28-49(29-27-48)73(74,75)76)68(97)87-32-24-21-25-54(87)63(92)77-51(33-41(2)3)62(91)78-53(67(96)86-30-22-20-23-31-86)39-59(90)81(14)46(12)66(95)83(16)57(36-44(8)9)71(100)88(58)40-50/h26-29,41-47,50-58,60-61,89H,19-25,30-40H2,1-18H3,(H,77,92)(H,78,91)(H,79,94)(H,80,93)/t46-,47-,50-,51+,52+,53+,54+,55+,56+,57+,58+,60+,61+/m1/s1. The second-order valence-corrected chi connectivity index (χ2v) is 30.5. The van der Waals surface area contributed by atoms with Crippen LogP contribution in [0.5, 0.6) is 0 Å². The average Bonchev–Trinajstić information content (AvgIpc) is 1.51. The van der Waals surface area contributed by atoms with Gasteiger partial charge < -0.3 is 70.3 Å². The highest BCUT2D eigenvalue weighted by atomic mass is 19.4. The van der Waals surface area contributed by atoms with Crippen molar-refractivity contribution in [3.8, 4) is 0 Å². The number of halogens is 3. The summed E-state index contributed by atoms with van der Waals surface area (Å²) in [6.45, 7) is 23.0. The highest BCUT2D eigenvalue weighted by molar-refractivity contribution is 6.00. The number of benzene rings is 1. The molecule has 0 aromatic heterocycles. The topological polar surface area (TPSA) is 308 Å². The first kappa shape index (κ1) is 85.2. The van der Waals surface area contributed by atoms with Crippen LogP contribution in [0.4, 0.5) is 13.2 Å². The number of amides is 12. The molecule has 0 spiro atoms. The third kappa shape index (κ3) is 22.3. The zero-order chi connectivity index (χ0) is 76.7. The van der Waals surface area contributed by atoms with Gasteiger partial charge in [-0.2, -0.15) is 13.2 Å². The van der Waals surface area contributed by atoms with Crippen LogP contribution < -0.4 is 21.3 Å². The summed E-state index contributed by atoms with van der Waals surface area (Å²) in [4.78, 5) is 191. The maximum atomic E-state index is 15.4. The first-order chi connectivity index (χ1) is 47.6. The van der Waals surface area contributed by atoms with Gasteiger partial charge in [-0.05, 0) is 132 Å². The van der Waals surface area contributed by atoms with Gasteiger partial charge in [0.1, 0.15) is 66.5 Å². The molecule has 1 aromatic rings. The number of nitrogens with zero attached hydrogens (tertiary/aromatic N) is 8. The summed E-state index contributed by atoms with van der Waals surface area (Å²) in [5, 5.41) is 22.5. The molecule has 5 rings (SSSR count). The van der Waals surface area contributed by atoms with Crippen molar-refractivity contribution in [1.82, 2.24) is 60.5 Å². The van der Waals surface area contributed by atoms with Crippen LogP contribution in [0.2, 0.25) is 0 Å². The van der Waals surface area contributed by atoms with Crippen LogP contribution in [0, 0.1) is 29.6 Å². The molecule has 12 amide bonds. The van der Waals surface area contributed by atoms with Crippen molar-refractivity contribution in [2.75, 3.05) is 68.0 Å². The van der Waals surface area contributed by atoms with Crippen molar-refractivity contribution in [1.29, 1.82) is 0 Å². The normalized spacial score (nSPS) is 27.7. The van der Waals surface area contributed by atoms with Gasteiger partial charge in [0.2, 0.25) is 70.9 Å². The van der Waals surface area contributed by atoms with E-state index in [-0.39, 0.29) is 87.5 Å². The van der Waals surface area contributed by atoms with Crippen LogP contribution in [-0.2, 0) is 74.9 Å². The highest BCUT2D eigenvalue weighted by Crippen LogP contribution is 2.32. The molecular weight excluding hydrogens is 1330 g/mol. The number of fused-ring (bicyclic) bond motifs is 2. The maximum absolute atomic E-state index is 15.4. The van der Waals surface area contributed by atoms with Crippen LogP contribution in [0.25, 0.3) is 0 Å². The molecule has 0 bridgehead atoms. The Morgan fingerprint density at radius 3 is 1.62 bits per heavy atom. The summed E-state index contributed by atoms with van der Waals surface area (Å²) < 4.78 is 47.9. The number of aliphatic hydroxyl groups is 1. The fourth-order valence-corrected chi connectivity index (χ4v) is 14.3. The Morgan fingerprint density at radius 2 is 1.08 bits per heavy atom. The SMILES string of the molecule is CCO[C@@H]1C[C@H]2C(=O)N(C)[C@@H](CC(C)C)C(=O)N[C@@H]([C@@H](C)O)C(=O)N(C)[C@@H](CC(C)C)C(=O)N(C)[C@@H](C(C)C)C(=O)N[C@@H](Cc3ccc(C(F)(F)F)cc3)C(=O)N3CCCC[C@H]3C(=O)N[C@@H](CC(C)C)C(=O)N[C@H](C(=O)N3CCCCC3)CC(=O)N(C)[C@H](C)C(=O)N(C)[C@@H](CC(C)C)C(=O)N2C1. The summed E-state index contributed by atoms with van der Waals surface area (Å²) in [6, 6.07) is -11.3. The molecule has 574 valence electrons.